The van der Waals surface area contributed by atoms with Crippen LogP contribution in [-0.4, -0.2) is 32.8 Å². The Balaban J connectivity index is 3.41. The van der Waals surface area contributed by atoms with Crippen molar-refractivity contribution in [1.29, 1.82) is 0 Å². The van der Waals surface area contributed by atoms with Gasteiger partial charge in [0.2, 0.25) is 10.0 Å². The summed E-state index contributed by atoms with van der Waals surface area (Å²) < 4.78 is 35.6. The van der Waals surface area contributed by atoms with Crippen molar-refractivity contribution >= 4 is 15.9 Å². The Morgan fingerprint density at radius 2 is 2.06 bits per heavy atom. The third-order valence-electron chi connectivity index (χ3n) is 2.30. The molecule has 1 amide bonds. The normalized spacial score (nSPS) is 11.3. The van der Waals surface area contributed by atoms with E-state index in [4.69, 9.17) is 5.14 Å². The highest BCUT2D eigenvalue weighted by molar-refractivity contribution is 7.89. The Bertz CT molecular complexity index is 542. The van der Waals surface area contributed by atoms with Crippen molar-refractivity contribution in [2.24, 2.45) is 5.14 Å². The average molecular weight is 260 g/mol. The Kier molecular flexibility index (Phi) is 3.84. The minimum atomic E-state index is -4.05. The number of hydrogen-bond acceptors (Lipinski definition) is 3. The van der Waals surface area contributed by atoms with Gasteiger partial charge in [0.25, 0.3) is 5.91 Å². The van der Waals surface area contributed by atoms with Gasteiger partial charge in [-0.15, -0.1) is 0 Å². The summed E-state index contributed by atoms with van der Waals surface area (Å²) in [6, 6.07) is 2.80. The molecule has 1 rings (SSSR count). The molecule has 0 radical (unpaired) electrons. The van der Waals surface area contributed by atoms with Gasteiger partial charge in [-0.1, -0.05) is 0 Å². The minimum absolute atomic E-state index is 0.253. The zero-order valence-corrected chi connectivity index (χ0v) is 10.3. The first-order chi connectivity index (χ1) is 7.77. The van der Waals surface area contributed by atoms with Crippen LogP contribution in [-0.2, 0) is 10.0 Å². The smallest absolute Gasteiger partial charge is 0.255 e. The van der Waals surface area contributed by atoms with Crippen molar-refractivity contribution in [3.05, 3.63) is 29.6 Å². The van der Waals surface area contributed by atoms with Gasteiger partial charge in [0, 0.05) is 13.6 Å². The summed E-state index contributed by atoms with van der Waals surface area (Å²) in [7, 11) is -2.56. The molecular weight excluding hydrogens is 247 g/mol. The van der Waals surface area contributed by atoms with Gasteiger partial charge in [0.15, 0.2) is 0 Å². The summed E-state index contributed by atoms with van der Waals surface area (Å²) >= 11 is 0. The Morgan fingerprint density at radius 3 is 2.53 bits per heavy atom. The molecule has 0 aliphatic rings. The number of primary sulfonamides is 1. The van der Waals surface area contributed by atoms with Crippen molar-refractivity contribution in [1.82, 2.24) is 4.90 Å². The van der Waals surface area contributed by atoms with Crippen molar-refractivity contribution in [3.8, 4) is 0 Å². The molecule has 0 atom stereocenters. The molecule has 2 N–H and O–H groups in total. The van der Waals surface area contributed by atoms with Crippen molar-refractivity contribution in [2.75, 3.05) is 13.6 Å². The predicted molar refractivity (Wildman–Crippen MR) is 60.4 cm³/mol. The van der Waals surface area contributed by atoms with Gasteiger partial charge in [-0.3, -0.25) is 4.79 Å². The first-order valence-corrected chi connectivity index (χ1v) is 6.39. The van der Waals surface area contributed by atoms with Gasteiger partial charge in [-0.25, -0.2) is 17.9 Å². The number of sulfonamides is 1. The van der Waals surface area contributed by atoms with Crippen molar-refractivity contribution in [3.63, 3.8) is 0 Å². The van der Waals surface area contributed by atoms with E-state index in [1.807, 2.05) is 0 Å². The zero-order chi connectivity index (χ0) is 13.2. The standard InChI is InChI=1S/C10H13FN2O3S/c1-3-13(2)10(14)8-6-7(11)4-5-9(8)17(12,15)16/h4-6H,3H2,1-2H3,(H2,12,15,16). The fourth-order valence-electron chi connectivity index (χ4n) is 1.27. The summed E-state index contributed by atoms with van der Waals surface area (Å²) in [4.78, 5) is 12.7. The molecule has 17 heavy (non-hydrogen) atoms. The van der Waals surface area contributed by atoms with E-state index in [2.05, 4.69) is 0 Å². The fourth-order valence-corrected chi connectivity index (χ4v) is 1.98. The first-order valence-electron chi connectivity index (χ1n) is 4.85. The van der Waals surface area contributed by atoms with Crippen molar-refractivity contribution in [2.45, 2.75) is 11.8 Å². The van der Waals surface area contributed by atoms with Crippen molar-refractivity contribution < 1.29 is 17.6 Å². The second kappa shape index (κ2) is 4.80. The second-order valence-electron chi connectivity index (χ2n) is 3.50. The lowest BCUT2D eigenvalue weighted by atomic mass is 10.2. The Hall–Kier alpha value is -1.47. The molecule has 0 fully saturated rings. The van der Waals surface area contributed by atoms with Crippen LogP contribution in [0.4, 0.5) is 4.39 Å². The molecule has 0 saturated carbocycles. The van der Waals surface area contributed by atoms with Gasteiger partial charge in [-0.05, 0) is 25.1 Å². The van der Waals surface area contributed by atoms with E-state index in [9.17, 15) is 17.6 Å². The number of rotatable bonds is 3. The maximum absolute atomic E-state index is 13.1. The van der Waals surface area contributed by atoms with Gasteiger partial charge in [-0.2, -0.15) is 0 Å². The molecule has 0 bridgehead atoms. The van der Waals surface area contributed by atoms with E-state index in [-0.39, 0.29) is 10.5 Å². The number of nitrogens with two attached hydrogens (primary N) is 1. The van der Waals surface area contributed by atoms with E-state index in [0.717, 1.165) is 18.2 Å². The van der Waals surface area contributed by atoms with Crippen LogP contribution in [0, 0.1) is 5.82 Å². The summed E-state index contributed by atoms with van der Waals surface area (Å²) in [5.41, 5.74) is -0.253. The Labute approximate surface area is 99.1 Å². The lowest BCUT2D eigenvalue weighted by Gasteiger charge is -2.16. The highest BCUT2D eigenvalue weighted by atomic mass is 32.2. The Morgan fingerprint density at radius 1 is 1.47 bits per heavy atom. The minimum Gasteiger partial charge on any atom is -0.342 e. The van der Waals surface area contributed by atoms with Crippen LogP contribution in [0.5, 0.6) is 0 Å². The molecule has 0 aliphatic carbocycles. The van der Waals surface area contributed by atoms with Crippen LogP contribution in [0.3, 0.4) is 0 Å². The molecule has 7 heteroatoms. The molecule has 94 valence electrons. The monoisotopic (exact) mass is 260 g/mol. The molecule has 0 aromatic heterocycles. The number of carbonyl (C=O) groups excluding carboxylic acids is 1. The molecule has 0 saturated heterocycles. The largest absolute Gasteiger partial charge is 0.342 e. The molecule has 0 aliphatic heterocycles. The lowest BCUT2D eigenvalue weighted by molar-refractivity contribution is 0.0798. The average Bonchev–Trinajstić information content (AvgIpc) is 2.25. The molecule has 5 nitrogen and oxygen atoms in total. The maximum atomic E-state index is 13.1. The number of halogens is 1. The van der Waals surface area contributed by atoms with Crippen LogP contribution < -0.4 is 5.14 Å². The van der Waals surface area contributed by atoms with Gasteiger partial charge in [0.1, 0.15) is 5.82 Å². The van der Waals surface area contributed by atoms with Gasteiger partial charge < -0.3 is 4.90 Å². The SMILES string of the molecule is CCN(C)C(=O)c1cc(F)ccc1S(N)(=O)=O. The summed E-state index contributed by atoms with van der Waals surface area (Å²) in [5, 5.41) is 4.97. The number of hydrogen-bond donors (Lipinski definition) is 1. The highest BCUT2D eigenvalue weighted by Gasteiger charge is 2.21. The third-order valence-corrected chi connectivity index (χ3v) is 3.27. The van der Waals surface area contributed by atoms with Crippen LogP contribution in [0.1, 0.15) is 17.3 Å². The number of amides is 1. The van der Waals surface area contributed by atoms with E-state index < -0.39 is 21.7 Å². The third kappa shape index (κ3) is 3.01. The van der Waals surface area contributed by atoms with Crippen LogP contribution in [0.2, 0.25) is 0 Å². The molecule has 1 aromatic rings. The van der Waals surface area contributed by atoms with E-state index in [1.54, 1.807) is 6.92 Å². The van der Waals surface area contributed by atoms with Crippen LogP contribution >= 0.6 is 0 Å². The molecular formula is C10H13FN2O3S. The number of carbonyl (C=O) groups is 1. The molecule has 0 heterocycles. The molecule has 1 aromatic carbocycles. The second-order valence-corrected chi connectivity index (χ2v) is 5.03. The van der Waals surface area contributed by atoms with E-state index in [1.165, 1.54) is 11.9 Å². The molecule has 0 unspecified atom stereocenters. The molecule has 0 spiro atoms. The number of benzene rings is 1. The number of nitrogens with zero attached hydrogens (tertiary/aromatic N) is 1. The summed E-state index contributed by atoms with van der Waals surface area (Å²) in [6.45, 7) is 2.09. The lowest BCUT2D eigenvalue weighted by Crippen LogP contribution is -2.29. The quantitative estimate of drug-likeness (QED) is 0.862. The first kappa shape index (κ1) is 13.6. The zero-order valence-electron chi connectivity index (χ0n) is 9.47. The summed E-state index contributed by atoms with van der Waals surface area (Å²) in [6.07, 6.45) is 0. The topological polar surface area (TPSA) is 80.5 Å². The van der Waals surface area contributed by atoms with Gasteiger partial charge >= 0.3 is 0 Å². The van der Waals surface area contributed by atoms with Gasteiger partial charge in [0.05, 0.1) is 10.5 Å². The highest BCUT2D eigenvalue weighted by Crippen LogP contribution is 2.17. The predicted octanol–water partition coefficient (Wildman–Crippen LogP) is 0.565. The van der Waals surface area contributed by atoms with E-state index in [0.29, 0.717) is 6.54 Å². The van der Waals surface area contributed by atoms with Crippen LogP contribution in [0.15, 0.2) is 23.1 Å². The van der Waals surface area contributed by atoms with E-state index >= 15 is 0 Å². The maximum Gasteiger partial charge on any atom is 0.255 e. The fraction of sp³-hybridized carbons (Fsp3) is 0.300. The summed E-state index contributed by atoms with van der Waals surface area (Å²) in [5.74, 6) is -1.28. The van der Waals surface area contributed by atoms with Crippen LogP contribution in [0.25, 0.3) is 0 Å².